The zero-order valence-electron chi connectivity index (χ0n) is 15.4. The van der Waals surface area contributed by atoms with Crippen molar-refractivity contribution in [3.05, 3.63) is 53.1 Å². The molecule has 158 valence electrons. The van der Waals surface area contributed by atoms with Crippen LogP contribution in [0.5, 0.6) is 11.5 Å². The summed E-state index contributed by atoms with van der Waals surface area (Å²) >= 11 is 0. The van der Waals surface area contributed by atoms with Gasteiger partial charge in [-0.25, -0.2) is 8.42 Å². The van der Waals surface area contributed by atoms with Gasteiger partial charge >= 0.3 is 6.18 Å². The van der Waals surface area contributed by atoms with E-state index in [1.165, 1.54) is 25.3 Å². The van der Waals surface area contributed by atoms with Crippen LogP contribution in [0.1, 0.15) is 29.0 Å². The Morgan fingerprint density at radius 1 is 1.14 bits per heavy atom. The molecule has 3 rings (SSSR count). The Morgan fingerprint density at radius 3 is 2.52 bits per heavy atom. The van der Waals surface area contributed by atoms with E-state index in [1.54, 1.807) is 0 Å². The molecule has 0 saturated carbocycles. The van der Waals surface area contributed by atoms with Crippen LogP contribution in [0.25, 0.3) is 0 Å². The normalized spacial score (nSPS) is 16.8. The lowest BCUT2D eigenvalue weighted by atomic mass is 9.85. The summed E-state index contributed by atoms with van der Waals surface area (Å²) in [6.45, 7) is 0.470. The molecule has 6 nitrogen and oxygen atoms in total. The lowest BCUT2D eigenvalue weighted by Gasteiger charge is -2.28. The average molecular weight is 431 g/mol. The van der Waals surface area contributed by atoms with E-state index in [-0.39, 0.29) is 37.2 Å². The van der Waals surface area contributed by atoms with Gasteiger partial charge < -0.3 is 18.8 Å². The molecule has 1 unspecified atom stereocenters. The number of halogens is 3. The number of ether oxygens (including phenoxy) is 3. The molecule has 0 aromatic heterocycles. The molecule has 1 atom stereocenters. The van der Waals surface area contributed by atoms with Crippen LogP contribution in [0.3, 0.4) is 0 Å². The van der Waals surface area contributed by atoms with Crippen molar-refractivity contribution in [2.24, 2.45) is 0 Å². The first-order valence-electron chi connectivity index (χ1n) is 8.67. The topological polar surface area (TPSA) is 84.9 Å². The maximum Gasteiger partial charge on any atom is 0.416 e. The number of hydrogen-bond donors (Lipinski definition) is 0. The summed E-state index contributed by atoms with van der Waals surface area (Å²) in [5, 5.41) is 0. The first kappa shape index (κ1) is 21.4. The first-order valence-corrected chi connectivity index (χ1v) is 10.1. The highest BCUT2D eigenvalue weighted by molar-refractivity contribution is 7.85. The summed E-state index contributed by atoms with van der Waals surface area (Å²) in [7, 11) is -3.21. The van der Waals surface area contributed by atoms with Crippen LogP contribution in [0.15, 0.2) is 41.3 Å². The molecule has 0 saturated heterocycles. The largest absolute Gasteiger partial charge is 0.744 e. The van der Waals surface area contributed by atoms with Crippen LogP contribution in [0.4, 0.5) is 13.2 Å². The van der Waals surface area contributed by atoms with Crippen LogP contribution >= 0.6 is 0 Å². The Bertz CT molecular complexity index is 988. The standard InChI is InChI=1S/C19H19F3O6S/c1-26-8-9-28-17-10-12(19(20,21)22)2-4-15(17)14-6-7-27-18-11-13(29(23,24)25)3-5-16(14)18/h2-5,10-11,14H,6-9H2,1H3,(H,23,24,25)/p-1. The fraction of sp³-hybridized carbons (Fsp3) is 0.368. The van der Waals surface area contributed by atoms with Crippen molar-refractivity contribution in [3.8, 4) is 11.5 Å². The number of alkyl halides is 3. The van der Waals surface area contributed by atoms with Crippen molar-refractivity contribution in [2.75, 3.05) is 26.9 Å². The molecule has 1 aliphatic heterocycles. The van der Waals surface area contributed by atoms with Gasteiger partial charge in [-0.05, 0) is 30.7 Å². The van der Waals surface area contributed by atoms with E-state index < -0.39 is 26.8 Å². The van der Waals surface area contributed by atoms with E-state index in [1.807, 2.05) is 0 Å². The maximum absolute atomic E-state index is 13.1. The molecule has 0 fully saturated rings. The van der Waals surface area contributed by atoms with Crippen LogP contribution in [-0.4, -0.2) is 39.9 Å². The molecule has 0 aliphatic carbocycles. The first-order chi connectivity index (χ1) is 13.6. The van der Waals surface area contributed by atoms with E-state index in [4.69, 9.17) is 14.2 Å². The lowest BCUT2D eigenvalue weighted by molar-refractivity contribution is -0.137. The summed E-state index contributed by atoms with van der Waals surface area (Å²) < 4.78 is 89.1. The third kappa shape index (κ3) is 4.82. The second kappa shape index (κ2) is 8.21. The Balaban J connectivity index is 2.04. The van der Waals surface area contributed by atoms with Gasteiger partial charge in [0.2, 0.25) is 0 Å². The second-order valence-electron chi connectivity index (χ2n) is 6.44. The van der Waals surface area contributed by atoms with Crippen molar-refractivity contribution < 1.29 is 40.4 Å². The molecule has 2 aromatic carbocycles. The molecule has 1 aliphatic rings. The molecular weight excluding hydrogens is 413 g/mol. The molecule has 0 spiro atoms. The fourth-order valence-electron chi connectivity index (χ4n) is 3.21. The van der Waals surface area contributed by atoms with Gasteiger partial charge in [0.1, 0.15) is 28.2 Å². The maximum atomic E-state index is 13.1. The highest BCUT2D eigenvalue weighted by Gasteiger charge is 2.33. The smallest absolute Gasteiger partial charge is 0.416 e. The van der Waals surface area contributed by atoms with Gasteiger partial charge in [-0.1, -0.05) is 12.1 Å². The third-order valence-electron chi connectivity index (χ3n) is 4.57. The molecule has 29 heavy (non-hydrogen) atoms. The summed E-state index contributed by atoms with van der Waals surface area (Å²) in [4.78, 5) is -0.430. The molecule has 0 amide bonds. The highest BCUT2D eigenvalue weighted by atomic mass is 32.2. The predicted molar refractivity (Wildman–Crippen MR) is 95.2 cm³/mol. The minimum absolute atomic E-state index is 0.0637. The van der Waals surface area contributed by atoms with E-state index in [0.29, 0.717) is 17.5 Å². The van der Waals surface area contributed by atoms with Gasteiger partial charge in [-0.15, -0.1) is 0 Å². The van der Waals surface area contributed by atoms with Crippen molar-refractivity contribution in [1.29, 1.82) is 0 Å². The lowest BCUT2D eigenvalue weighted by Crippen LogP contribution is -2.18. The van der Waals surface area contributed by atoms with Gasteiger partial charge in [0.15, 0.2) is 0 Å². The van der Waals surface area contributed by atoms with E-state index >= 15 is 0 Å². The van der Waals surface area contributed by atoms with Crippen LogP contribution in [0.2, 0.25) is 0 Å². The summed E-state index contributed by atoms with van der Waals surface area (Å²) in [5.74, 6) is -0.113. The van der Waals surface area contributed by atoms with Crippen molar-refractivity contribution in [3.63, 3.8) is 0 Å². The number of rotatable bonds is 6. The summed E-state index contributed by atoms with van der Waals surface area (Å²) in [5.41, 5.74) is 0.241. The van der Waals surface area contributed by atoms with Crippen molar-refractivity contribution in [2.45, 2.75) is 23.4 Å². The van der Waals surface area contributed by atoms with Gasteiger partial charge in [0.25, 0.3) is 0 Å². The molecule has 10 heteroatoms. The quantitative estimate of drug-likeness (QED) is 0.514. The minimum atomic E-state index is -4.66. The number of fused-ring (bicyclic) bond motifs is 1. The summed E-state index contributed by atoms with van der Waals surface area (Å²) in [6, 6.07) is 7.02. The van der Waals surface area contributed by atoms with Crippen molar-refractivity contribution >= 4 is 10.1 Å². The van der Waals surface area contributed by atoms with Gasteiger partial charge in [0.05, 0.1) is 23.7 Å². The fourth-order valence-corrected chi connectivity index (χ4v) is 3.69. The van der Waals surface area contributed by atoms with Gasteiger partial charge in [0, 0.05) is 24.2 Å². The monoisotopic (exact) mass is 431 g/mol. The molecule has 0 radical (unpaired) electrons. The highest BCUT2D eigenvalue weighted by Crippen LogP contribution is 2.44. The Kier molecular flexibility index (Phi) is 6.06. The molecule has 2 aromatic rings. The van der Waals surface area contributed by atoms with Crippen LogP contribution < -0.4 is 9.47 Å². The average Bonchev–Trinajstić information content (AvgIpc) is 2.66. The van der Waals surface area contributed by atoms with Crippen molar-refractivity contribution in [1.82, 2.24) is 0 Å². The Labute approximate surface area is 166 Å². The number of benzene rings is 2. The number of methoxy groups -OCH3 is 1. The molecule has 0 N–H and O–H groups in total. The van der Waals surface area contributed by atoms with Crippen LogP contribution in [0, 0.1) is 0 Å². The Hall–Kier alpha value is -2.30. The second-order valence-corrected chi connectivity index (χ2v) is 7.81. The molecular formula is C19H18F3O6S-. The minimum Gasteiger partial charge on any atom is -0.744 e. The van der Waals surface area contributed by atoms with Gasteiger partial charge in [-0.2, -0.15) is 13.2 Å². The van der Waals surface area contributed by atoms with Crippen LogP contribution in [-0.2, 0) is 21.0 Å². The van der Waals surface area contributed by atoms with E-state index in [2.05, 4.69) is 0 Å². The Morgan fingerprint density at radius 2 is 1.86 bits per heavy atom. The zero-order valence-corrected chi connectivity index (χ0v) is 16.2. The number of hydrogen-bond acceptors (Lipinski definition) is 6. The SMILES string of the molecule is COCCOc1cc(C(F)(F)F)ccc1C1CCOc2cc(S(=O)(=O)[O-])ccc21. The third-order valence-corrected chi connectivity index (χ3v) is 5.41. The summed E-state index contributed by atoms with van der Waals surface area (Å²) in [6.07, 6.45) is -4.08. The van der Waals surface area contributed by atoms with E-state index in [0.717, 1.165) is 18.2 Å². The molecule has 1 heterocycles. The van der Waals surface area contributed by atoms with Gasteiger partial charge in [-0.3, -0.25) is 0 Å². The zero-order chi connectivity index (χ0) is 21.2. The molecule has 0 bridgehead atoms. The predicted octanol–water partition coefficient (Wildman–Crippen LogP) is 3.55. The van der Waals surface area contributed by atoms with E-state index in [9.17, 15) is 26.1 Å².